The van der Waals surface area contributed by atoms with Crippen LogP contribution in [0, 0.1) is 0 Å². The topological polar surface area (TPSA) is 81.6 Å². The third kappa shape index (κ3) is 2.74. The van der Waals surface area contributed by atoms with Crippen LogP contribution in [0.25, 0.3) is 5.65 Å². The van der Waals surface area contributed by atoms with Crippen molar-refractivity contribution in [3.05, 3.63) is 18.7 Å². The van der Waals surface area contributed by atoms with Gasteiger partial charge in [0.1, 0.15) is 6.33 Å². The van der Waals surface area contributed by atoms with Gasteiger partial charge in [0.15, 0.2) is 5.82 Å². The third-order valence-corrected chi connectivity index (χ3v) is 2.65. The Morgan fingerprint density at radius 3 is 3.11 bits per heavy atom. The van der Waals surface area contributed by atoms with Gasteiger partial charge in [0.25, 0.3) is 0 Å². The predicted octanol–water partition coefficient (Wildman–Crippen LogP) is -0.0741. The molecule has 0 fully saturated rings. The van der Waals surface area contributed by atoms with Gasteiger partial charge >= 0.3 is 0 Å². The summed E-state index contributed by atoms with van der Waals surface area (Å²) in [6.07, 6.45) is 5.24. The van der Waals surface area contributed by atoms with Crippen LogP contribution in [-0.2, 0) is 4.74 Å². The molecule has 0 aliphatic rings. The molecular weight excluding hydrogens is 232 g/mol. The second kappa shape index (κ2) is 6.27. The Morgan fingerprint density at radius 1 is 1.44 bits per heavy atom. The summed E-state index contributed by atoms with van der Waals surface area (Å²) in [5, 5.41) is 7.97. The first-order valence-corrected chi connectivity index (χ1v) is 6.04. The average Bonchev–Trinajstić information content (AvgIpc) is 2.87. The predicted molar refractivity (Wildman–Crippen MR) is 68.5 cm³/mol. The number of nitrogens with two attached hydrogens (primary N) is 1. The molecule has 2 N–H and O–H groups in total. The average molecular weight is 250 g/mol. The molecule has 2 aromatic heterocycles. The number of rotatable bonds is 7. The van der Waals surface area contributed by atoms with Crippen LogP contribution in [-0.4, -0.2) is 52.4 Å². The van der Waals surface area contributed by atoms with Crippen molar-refractivity contribution < 1.29 is 4.74 Å². The first-order valence-electron chi connectivity index (χ1n) is 6.04. The van der Waals surface area contributed by atoms with Crippen LogP contribution in [0.4, 0.5) is 5.82 Å². The molecule has 0 saturated heterocycles. The van der Waals surface area contributed by atoms with E-state index in [4.69, 9.17) is 10.5 Å². The van der Waals surface area contributed by atoms with E-state index in [9.17, 15) is 0 Å². The number of aromatic nitrogens is 4. The first kappa shape index (κ1) is 12.7. The Morgan fingerprint density at radius 2 is 2.33 bits per heavy atom. The molecule has 0 bridgehead atoms. The quantitative estimate of drug-likeness (QED) is 0.692. The molecule has 2 aromatic rings. The zero-order valence-corrected chi connectivity index (χ0v) is 10.5. The van der Waals surface area contributed by atoms with E-state index in [0.29, 0.717) is 19.8 Å². The SMILES string of the molecule is CCN(CCOCCN)c1nccn2cnnc12. The molecule has 0 aliphatic carbocycles. The van der Waals surface area contributed by atoms with Crippen LogP contribution in [0.1, 0.15) is 6.92 Å². The third-order valence-electron chi connectivity index (χ3n) is 2.65. The summed E-state index contributed by atoms with van der Waals surface area (Å²) in [5.74, 6) is 0.828. The molecule has 98 valence electrons. The van der Waals surface area contributed by atoms with Crippen LogP contribution in [0.3, 0.4) is 0 Å². The number of hydrogen-bond acceptors (Lipinski definition) is 6. The second-order valence-corrected chi connectivity index (χ2v) is 3.79. The molecule has 0 aromatic carbocycles. The minimum absolute atomic E-state index is 0.546. The normalized spacial score (nSPS) is 11.0. The highest BCUT2D eigenvalue weighted by atomic mass is 16.5. The maximum Gasteiger partial charge on any atom is 0.203 e. The highest BCUT2D eigenvalue weighted by molar-refractivity contribution is 5.63. The minimum atomic E-state index is 0.546. The summed E-state index contributed by atoms with van der Waals surface area (Å²) in [6.45, 7) is 5.43. The molecular formula is C11H18N6O. The number of ether oxygens (including phenoxy) is 1. The van der Waals surface area contributed by atoms with E-state index in [1.807, 2.05) is 10.6 Å². The molecule has 0 radical (unpaired) electrons. The summed E-state index contributed by atoms with van der Waals surface area (Å²) in [4.78, 5) is 6.48. The van der Waals surface area contributed by atoms with Crippen LogP contribution < -0.4 is 10.6 Å². The molecule has 7 heteroatoms. The summed E-state index contributed by atoms with van der Waals surface area (Å²) in [7, 11) is 0. The Hall–Kier alpha value is -1.73. The number of anilines is 1. The monoisotopic (exact) mass is 250 g/mol. The van der Waals surface area contributed by atoms with Crippen molar-refractivity contribution in [1.82, 2.24) is 19.6 Å². The fourth-order valence-electron chi connectivity index (χ4n) is 1.74. The van der Waals surface area contributed by atoms with E-state index in [0.717, 1.165) is 24.6 Å². The van der Waals surface area contributed by atoms with Gasteiger partial charge < -0.3 is 15.4 Å². The lowest BCUT2D eigenvalue weighted by Crippen LogP contribution is -2.29. The highest BCUT2D eigenvalue weighted by Gasteiger charge is 2.11. The molecule has 0 unspecified atom stereocenters. The van der Waals surface area contributed by atoms with Crippen molar-refractivity contribution in [2.24, 2.45) is 5.73 Å². The highest BCUT2D eigenvalue weighted by Crippen LogP contribution is 2.15. The van der Waals surface area contributed by atoms with Crippen LogP contribution in [0.5, 0.6) is 0 Å². The van der Waals surface area contributed by atoms with E-state index in [1.165, 1.54) is 0 Å². The Bertz CT molecular complexity index is 485. The lowest BCUT2D eigenvalue weighted by Gasteiger charge is -2.21. The van der Waals surface area contributed by atoms with Crippen LogP contribution in [0.15, 0.2) is 18.7 Å². The van der Waals surface area contributed by atoms with Gasteiger partial charge in [-0.1, -0.05) is 0 Å². The minimum Gasteiger partial charge on any atom is -0.378 e. The Labute approximate surface area is 106 Å². The fraction of sp³-hybridized carbons (Fsp3) is 0.545. The van der Waals surface area contributed by atoms with E-state index in [1.54, 1.807) is 12.5 Å². The Balaban J connectivity index is 2.09. The van der Waals surface area contributed by atoms with Gasteiger partial charge in [-0.3, -0.25) is 4.40 Å². The number of nitrogens with zero attached hydrogens (tertiary/aromatic N) is 5. The van der Waals surface area contributed by atoms with E-state index in [-0.39, 0.29) is 0 Å². The van der Waals surface area contributed by atoms with Gasteiger partial charge in [0.05, 0.1) is 13.2 Å². The number of likely N-dealkylation sites (N-methyl/N-ethyl adjacent to an activating group) is 1. The van der Waals surface area contributed by atoms with Crippen molar-refractivity contribution >= 4 is 11.5 Å². The van der Waals surface area contributed by atoms with Crippen LogP contribution in [0.2, 0.25) is 0 Å². The van der Waals surface area contributed by atoms with Gasteiger partial charge in [0.2, 0.25) is 5.65 Å². The molecule has 0 aliphatic heterocycles. The molecule has 0 saturated carbocycles. The van der Waals surface area contributed by atoms with E-state index in [2.05, 4.69) is 27.0 Å². The zero-order chi connectivity index (χ0) is 12.8. The fourth-order valence-corrected chi connectivity index (χ4v) is 1.74. The largest absolute Gasteiger partial charge is 0.378 e. The first-order chi connectivity index (χ1) is 8.86. The van der Waals surface area contributed by atoms with E-state index >= 15 is 0 Å². The van der Waals surface area contributed by atoms with E-state index < -0.39 is 0 Å². The number of hydrogen-bond donors (Lipinski definition) is 1. The summed E-state index contributed by atoms with van der Waals surface area (Å²) in [6, 6.07) is 0. The Kier molecular flexibility index (Phi) is 4.43. The van der Waals surface area contributed by atoms with Crippen molar-refractivity contribution in [2.75, 3.05) is 37.7 Å². The molecule has 2 heterocycles. The standard InChI is InChI=1S/C11H18N6O/c1-2-16(6-8-18-7-3-12)10-11-15-14-9-17(11)5-4-13-10/h4-5,9H,2-3,6-8,12H2,1H3. The van der Waals surface area contributed by atoms with Crippen molar-refractivity contribution in [3.8, 4) is 0 Å². The van der Waals surface area contributed by atoms with Gasteiger partial charge in [0, 0.05) is 32.0 Å². The van der Waals surface area contributed by atoms with Gasteiger partial charge in [-0.15, -0.1) is 10.2 Å². The van der Waals surface area contributed by atoms with Crippen LogP contribution >= 0.6 is 0 Å². The van der Waals surface area contributed by atoms with Crippen molar-refractivity contribution in [2.45, 2.75) is 6.92 Å². The van der Waals surface area contributed by atoms with Gasteiger partial charge in [-0.2, -0.15) is 0 Å². The van der Waals surface area contributed by atoms with Crippen molar-refractivity contribution in [3.63, 3.8) is 0 Å². The number of fused-ring (bicyclic) bond motifs is 1. The molecule has 0 amide bonds. The molecule has 0 atom stereocenters. The summed E-state index contributed by atoms with van der Waals surface area (Å²) in [5.41, 5.74) is 6.14. The van der Waals surface area contributed by atoms with Gasteiger partial charge in [-0.25, -0.2) is 4.98 Å². The summed E-state index contributed by atoms with van der Waals surface area (Å²) < 4.78 is 7.25. The van der Waals surface area contributed by atoms with Gasteiger partial charge in [-0.05, 0) is 6.92 Å². The zero-order valence-electron chi connectivity index (χ0n) is 10.5. The second-order valence-electron chi connectivity index (χ2n) is 3.79. The molecule has 2 rings (SSSR count). The van der Waals surface area contributed by atoms with Crippen molar-refractivity contribution in [1.29, 1.82) is 0 Å². The maximum atomic E-state index is 5.39. The summed E-state index contributed by atoms with van der Waals surface area (Å²) >= 11 is 0. The lowest BCUT2D eigenvalue weighted by atomic mass is 10.4. The smallest absolute Gasteiger partial charge is 0.203 e. The molecule has 18 heavy (non-hydrogen) atoms. The lowest BCUT2D eigenvalue weighted by molar-refractivity contribution is 0.147. The maximum absolute atomic E-state index is 5.39. The molecule has 7 nitrogen and oxygen atoms in total. The molecule has 0 spiro atoms.